The molecule has 0 bridgehead atoms. The van der Waals surface area contributed by atoms with Crippen molar-refractivity contribution in [1.82, 2.24) is 14.9 Å². The molecule has 0 unspecified atom stereocenters. The van der Waals surface area contributed by atoms with E-state index in [1.165, 1.54) is 17.3 Å². The SMILES string of the molecule is CC(C)(C)C(=O)Nc1ccc(C(=O)Nn2cnnc2)cc1. The van der Waals surface area contributed by atoms with Crippen LogP contribution in [-0.2, 0) is 4.79 Å². The minimum absolute atomic E-state index is 0.0795. The molecule has 0 aliphatic rings. The first kappa shape index (κ1) is 14.7. The van der Waals surface area contributed by atoms with Gasteiger partial charge in [-0.05, 0) is 24.3 Å². The Morgan fingerprint density at radius 3 is 2.14 bits per heavy atom. The third-order valence-corrected chi connectivity index (χ3v) is 2.74. The molecule has 0 fully saturated rings. The highest BCUT2D eigenvalue weighted by Gasteiger charge is 2.21. The van der Waals surface area contributed by atoms with E-state index in [2.05, 4.69) is 20.9 Å². The predicted octanol–water partition coefficient (Wildman–Crippen LogP) is 1.65. The second-order valence-electron chi connectivity index (χ2n) is 5.59. The summed E-state index contributed by atoms with van der Waals surface area (Å²) >= 11 is 0. The van der Waals surface area contributed by atoms with Gasteiger partial charge in [-0.1, -0.05) is 20.8 Å². The van der Waals surface area contributed by atoms with Gasteiger partial charge in [0, 0.05) is 16.7 Å². The van der Waals surface area contributed by atoms with Gasteiger partial charge in [-0.3, -0.25) is 15.0 Å². The molecule has 7 nitrogen and oxygen atoms in total. The number of nitrogens with zero attached hydrogens (tertiary/aromatic N) is 3. The summed E-state index contributed by atoms with van der Waals surface area (Å²) in [6.07, 6.45) is 2.77. The summed E-state index contributed by atoms with van der Waals surface area (Å²) in [5.41, 5.74) is 3.24. The Labute approximate surface area is 122 Å². The molecule has 2 aromatic rings. The third kappa shape index (κ3) is 3.88. The second kappa shape index (κ2) is 5.74. The van der Waals surface area contributed by atoms with E-state index < -0.39 is 5.41 Å². The quantitative estimate of drug-likeness (QED) is 0.898. The van der Waals surface area contributed by atoms with Crippen LogP contribution in [0.3, 0.4) is 0 Å². The van der Waals surface area contributed by atoms with Crippen LogP contribution in [-0.4, -0.2) is 26.7 Å². The van der Waals surface area contributed by atoms with Gasteiger partial charge < -0.3 is 5.32 Å². The van der Waals surface area contributed by atoms with Crippen molar-refractivity contribution in [2.75, 3.05) is 10.7 Å². The van der Waals surface area contributed by atoms with E-state index in [0.29, 0.717) is 11.3 Å². The van der Waals surface area contributed by atoms with E-state index in [0.717, 1.165) is 0 Å². The van der Waals surface area contributed by atoms with Crippen LogP contribution in [0.4, 0.5) is 5.69 Å². The van der Waals surface area contributed by atoms with Crippen molar-refractivity contribution in [2.24, 2.45) is 5.41 Å². The summed E-state index contributed by atoms with van der Waals surface area (Å²) in [5, 5.41) is 9.98. The van der Waals surface area contributed by atoms with E-state index in [1.807, 2.05) is 20.8 Å². The lowest BCUT2D eigenvalue weighted by Gasteiger charge is -2.17. The van der Waals surface area contributed by atoms with Gasteiger partial charge in [0.1, 0.15) is 12.7 Å². The van der Waals surface area contributed by atoms with E-state index in [9.17, 15) is 9.59 Å². The van der Waals surface area contributed by atoms with E-state index in [4.69, 9.17) is 0 Å². The number of carbonyl (C=O) groups is 2. The number of amides is 2. The zero-order chi connectivity index (χ0) is 15.5. The molecule has 1 aromatic carbocycles. The minimum Gasteiger partial charge on any atom is -0.326 e. The van der Waals surface area contributed by atoms with Crippen LogP contribution >= 0.6 is 0 Å². The monoisotopic (exact) mass is 287 g/mol. The molecule has 110 valence electrons. The molecule has 2 rings (SSSR count). The normalized spacial score (nSPS) is 11.0. The molecule has 1 aromatic heterocycles. The number of hydrogen-bond acceptors (Lipinski definition) is 4. The van der Waals surface area contributed by atoms with Crippen molar-refractivity contribution in [3.63, 3.8) is 0 Å². The van der Waals surface area contributed by atoms with Crippen LogP contribution in [0.5, 0.6) is 0 Å². The van der Waals surface area contributed by atoms with Crippen molar-refractivity contribution in [3.05, 3.63) is 42.5 Å². The minimum atomic E-state index is -0.468. The molecule has 7 heteroatoms. The molecular formula is C14H17N5O2. The summed E-state index contributed by atoms with van der Waals surface area (Å²) in [4.78, 5) is 23.8. The summed E-state index contributed by atoms with van der Waals surface area (Å²) in [7, 11) is 0. The molecular weight excluding hydrogens is 270 g/mol. The number of anilines is 1. The molecule has 0 saturated heterocycles. The standard InChI is InChI=1S/C14H17N5O2/c1-14(2,3)13(21)17-11-6-4-10(5-7-11)12(20)18-19-8-15-16-9-19/h4-9H,1-3H3,(H,17,21)(H,18,20). The lowest BCUT2D eigenvalue weighted by molar-refractivity contribution is -0.123. The number of carbonyl (C=O) groups excluding carboxylic acids is 2. The van der Waals surface area contributed by atoms with Crippen molar-refractivity contribution in [1.29, 1.82) is 0 Å². The molecule has 0 aliphatic heterocycles. The highest BCUT2D eigenvalue weighted by molar-refractivity contribution is 6.00. The molecule has 1 heterocycles. The molecule has 0 aliphatic carbocycles. The van der Waals surface area contributed by atoms with Crippen LogP contribution in [0.25, 0.3) is 0 Å². The van der Waals surface area contributed by atoms with Gasteiger partial charge in [-0.15, -0.1) is 10.2 Å². The summed E-state index contributed by atoms with van der Waals surface area (Å²) in [6, 6.07) is 6.64. The Morgan fingerprint density at radius 1 is 1.05 bits per heavy atom. The van der Waals surface area contributed by atoms with Gasteiger partial charge in [-0.25, -0.2) is 4.68 Å². The number of benzene rings is 1. The topological polar surface area (TPSA) is 88.9 Å². The van der Waals surface area contributed by atoms with Gasteiger partial charge in [-0.2, -0.15) is 0 Å². The lowest BCUT2D eigenvalue weighted by atomic mass is 9.95. The maximum Gasteiger partial charge on any atom is 0.270 e. The zero-order valence-corrected chi connectivity index (χ0v) is 12.1. The van der Waals surface area contributed by atoms with Crippen LogP contribution in [0.1, 0.15) is 31.1 Å². The van der Waals surface area contributed by atoms with E-state index >= 15 is 0 Å². The molecule has 0 saturated carbocycles. The number of rotatable bonds is 3. The van der Waals surface area contributed by atoms with Crippen molar-refractivity contribution in [2.45, 2.75) is 20.8 Å². The number of aromatic nitrogens is 3. The first-order valence-electron chi connectivity index (χ1n) is 6.44. The van der Waals surface area contributed by atoms with Crippen molar-refractivity contribution >= 4 is 17.5 Å². The number of hydrogen-bond donors (Lipinski definition) is 2. The molecule has 21 heavy (non-hydrogen) atoms. The van der Waals surface area contributed by atoms with Crippen LogP contribution in [0.2, 0.25) is 0 Å². The molecule has 0 spiro atoms. The Morgan fingerprint density at radius 2 is 1.62 bits per heavy atom. The molecule has 2 N–H and O–H groups in total. The van der Waals surface area contributed by atoms with Gasteiger partial charge in [0.25, 0.3) is 5.91 Å². The first-order chi connectivity index (χ1) is 9.86. The maximum atomic E-state index is 11.9. The third-order valence-electron chi connectivity index (χ3n) is 2.74. The zero-order valence-electron chi connectivity index (χ0n) is 12.1. The summed E-state index contributed by atoms with van der Waals surface area (Å²) in [6.45, 7) is 5.51. The summed E-state index contributed by atoms with van der Waals surface area (Å²) < 4.78 is 1.36. The Kier molecular flexibility index (Phi) is 4.02. The van der Waals surface area contributed by atoms with Crippen LogP contribution in [0, 0.1) is 5.41 Å². The average molecular weight is 287 g/mol. The maximum absolute atomic E-state index is 11.9. The Balaban J connectivity index is 2.02. The Hall–Kier alpha value is -2.70. The van der Waals surface area contributed by atoms with Crippen LogP contribution < -0.4 is 10.7 Å². The van der Waals surface area contributed by atoms with Gasteiger partial charge in [0.05, 0.1) is 0 Å². The second-order valence-corrected chi connectivity index (χ2v) is 5.59. The fourth-order valence-corrected chi connectivity index (χ4v) is 1.46. The highest BCUT2D eigenvalue weighted by atomic mass is 16.2. The first-order valence-corrected chi connectivity index (χ1v) is 6.44. The highest BCUT2D eigenvalue weighted by Crippen LogP contribution is 2.17. The molecule has 0 atom stereocenters. The van der Waals surface area contributed by atoms with Crippen molar-refractivity contribution < 1.29 is 9.59 Å². The lowest BCUT2D eigenvalue weighted by Crippen LogP contribution is -2.27. The van der Waals surface area contributed by atoms with Gasteiger partial charge in [0.2, 0.25) is 5.91 Å². The fourth-order valence-electron chi connectivity index (χ4n) is 1.46. The van der Waals surface area contributed by atoms with Gasteiger partial charge in [0.15, 0.2) is 0 Å². The Bertz CT molecular complexity index is 626. The smallest absolute Gasteiger partial charge is 0.270 e. The predicted molar refractivity (Wildman–Crippen MR) is 78.2 cm³/mol. The van der Waals surface area contributed by atoms with E-state index in [1.54, 1.807) is 24.3 Å². The fraction of sp³-hybridized carbons (Fsp3) is 0.286. The van der Waals surface area contributed by atoms with Gasteiger partial charge >= 0.3 is 0 Å². The molecule has 0 radical (unpaired) electrons. The summed E-state index contributed by atoms with van der Waals surface area (Å²) in [5.74, 6) is -0.368. The van der Waals surface area contributed by atoms with Crippen molar-refractivity contribution in [3.8, 4) is 0 Å². The van der Waals surface area contributed by atoms with Crippen LogP contribution in [0.15, 0.2) is 36.9 Å². The average Bonchev–Trinajstić information content (AvgIpc) is 2.91. The largest absolute Gasteiger partial charge is 0.326 e. The number of nitrogens with one attached hydrogen (secondary N) is 2. The molecule has 2 amide bonds. The van der Waals surface area contributed by atoms with E-state index in [-0.39, 0.29) is 11.8 Å².